The molecule has 1 saturated carbocycles. The van der Waals surface area contributed by atoms with Gasteiger partial charge in [-0.15, -0.1) is 6.58 Å². The molecule has 5 heteroatoms. The normalized spacial score (nSPS) is 20.6. The average molecular weight is 420 g/mol. The van der Waals surface area contributed by atoms with Crippen LogP contribution in [0.4, 0.5) is 22.0 Å². The monoisotopic (exact) mass is 420 g/mol. The number of rotatable bonds is 6. The Morgan fingerprint density at radius 3 is 2.37 bits per heavy atom. The van der Waals surface area contributed by atoms with Crippen LogP contribution in [0.25, 0.3) is 22.7 Å². The van der Waals surface area contributed by atoms with Crippen molar-refractivity contribution in [3.05, 3.63) is 71.3 Å². The molecule has 0 nitrogen and oxygen atoms in total. The number of hydrogen-bond acceptors (Lipinski definition) is 0. The van der Waals surface area contributed by atoms with Crippen LogP contribution in [-0.4, -0.2) is 0 Å². The van der Waals surface area contributed by atoms with Gasteiger partial charge >= 0.3 is 0 Å². The summed E-state index contributed by atoms with van der Waals surface area (Å²) in [6.07, 6.45) is 9.11. The lowest BCUT2D eigenvalue weighted by atomic mass is 9.79. The molecular weight excluding hydrogens is 395 g/mol. The highest BCUT2D eigenvalue weighted by atomic mass is 19.2. The van der Waals surface area contributed by atoms with E-state index in [-0.39, 0.29) is 10.9 Å². The van der Waals surface area contributed by atoms with E-state index in [9.17, 15) is 22.0 Å². The SMILES string of the molecule is C=CCCC1CCC(C(F)=C(F)c2cc3ccc(/C=C/C)c(F)c3c(F)c2F)CC1. The van der Waals surface area contributed by atoms with Gasteiger partial charge in [-0.05, 0) is 62.8 Å². The molecule has 1 aliphatic rings. The first-order valence-electron chi connectivity index (χ1n) is 10.3. The Hall–Kier alpha value is -2.43. The Kier molecular flexibility index (Phi) is 7.11. The van der Waals surface area contributed by atoms with E-state index in [2.05, 4.69) is 6.58 Å². The molecule has 2 aromatic rings. The van der Waals surface area contributed by atoms with Crippen molar-refractivity contribution in [3.63, 3.8) is 0 Å². The molecule has 0 atom stereocenters. The summed E-state index contributed by atoms with van der Waals surface area (Å²) in [7, 11) is 0. The molecule has 2 aromatic carbocycles. The Bertz CT molecular complexity index is 995. The first-order chi connectivity index (χ1) is 14.4. The van der Waals surface area contributed by atoms with E-state index in [1.54, 1.807) is 13.0 Å². The molecule has 160 valence electrons. The Balaban J connectivity index is 1.94. The molecule has 0 amide bonds. The van der Waals surface area contributed by atoms with Crippen LogP contribution in [0.2, 0.25) is 0 Å². The van der Waals surface area contributed by atoms with Crippen molar-refractivity contribution in [2.75, 3.05) is 0 Å². The third kappa shape index (κ3) is 4.35. The van der Waals surface area contributed by atoms with Crippen LogP contribution in [0.3, 0.4) is 0 Å². The highest BCUT2D eigenvalue weighted by molar-refractivity contribution is 5.89. The maximum Gasteiger partial charge on any atom is 0.170 e. The summed E-state index contributed by atoms with van der Waals surface area (Å²) in [5.41, 5.74) is -0.712. The lowest BCUT2D eigenvalue weighted by Crippen LogP contribution is -2.15. The van der Waals surface area contributed by atoms with Gasteiger partial charge in [0.25, 0.3) is 0 Å². The standard InChI is InChI=1S/C25H25F5/c1-3-5-7-15-8-10-17(11-9-15)22(27)23(28)19-14-18-13-12-16(6-4-2)21(26)20(18)25(30)24(19)29/h3-4,6,12-15,17H,1,5,7-11H2,2H3/b6-4+,23-22?. The van der Waals surface area contributed by atoms with Crippen LogP contribution in [-0.2, 0) is 0 Å². The topological polar surface area (TPSA) is 0 Å². The lowest BCUT2D eigenvalue weighted by Gasteiger charge is -2.27. The number of fused-ring (bicyclic) bond motifs is 1. The summed E-state index contributed by atoms with van der Waals surface area (Å²) in [5, 5.41) is -0.589. The zero-order valence-electron chi connectivity index (χ0n) is 17.0. The Labute approximate surface area is 173 Å². The van der Waals surface area contributed by atoms with Crippen molar-refractivity contribution in [2.24, 2.45) is 11.8 Å². The predicted molar refractivity (Wildman–Crippen MR) is 113 cm³/mol. The van der Waals surface area contributed by atoms with Gasteiger partial charge in [0.05, 0.1) is 10.9 Å². The summed E-state index contributed by atoms with van der Waals surface area (Å²) in [4.78, 5) is 0. The molecule has 0 radical (unpaired) electrons. The van der Waals surface area contributed by atoms with E-state index in [0.717, 1.165) is 31.7 Å². The predicted octanol–water partition coefficient (Wildman–Crippen LogP) is 8.67. The fourth-order valence-corrected chi connectivity index (χ4v) is 4.23. The van der Waals surface area contributed by atoms with Gasteiger partial charge in [0.15, 0.2) is 17.5 Å². The third-order valence-electron chi connectivity index (χ3n) is 5.93. The molecule has 0 bridgehead atoms. The second-order valence-corrected chi connectivity index (χ2v) is 7.86. The smallest absolute Gasteiger partial charge is 0.170 e. The maximum atomic E-state index is 14.9. The van der Waals surface area contributed by atoms with Crippen LogP contribution < -0.4 is 0 Å². The summed E-state index contributed by atoms with van der Waals surface area (Å²) in [5.74, 6) is -6.69. The molecule has 0 aliphatic heterocycles. The van der Waals surface area contributed by atoms with E-state index >= 15 is 0 Å². The van der Waals surface area contributed by atoms with E-state index in [1.165, 1.54) is 18.2 Å². The summed E-state index contributed by atoms with van der Waals surface area (Å²) in [6.45, 7) is 5.36. The first-order valence-corrected chi connectivity index (χ1v) is 10.3. The zero-order valence-corrected chi connectivity index (χ0v) is 17.0. The number of halogens is 5. The molecule has 0 aromatic heterocycles. The Morgan fingerprint density at radius 2 is 1.73 bits per heavy atom. The second-order valence-electron chi connectivity index (χ2n) is 7.86. The van der Waals surface area contributed by atoms with Gasteiger partial charge in [0.2, 0.25) is 0 Å². The molecule has 0 saturated heterocycles. The van der Waals surface area contributed by atoms with Gasteiger partial charge in [-0.3, -0.25) is 0 Å². The van der Waals surface area contributed by atoms with E-state index in [0.29, 0.717) is 18.8 Å². The van der Waals surface area contributed by atoms with E-state index < -0.39 is 46.0 Å². The van der Waals surface area contributed by atoms with Crippen molar-refractivity contribution >= 4 is 22.7 Å². The minimum atomic E-state index is -1.58. The summed E-state index contributed by atoms with van der Waals surface area (Å²) < 4.78 is 73.5. The molecule has 0 spiro atoms. The van der Waals surface area contributed by atoms with Gasteiger partial charge in [-0.2, -0.15) is 0 Å². The number of hydrogen-bond donors (Lipinski definition) is 0. The van der Waals surface area contributed by atoms with E-state index in [1.807, 2.05) is 6.08 Å². The second kappa shape index (κ2) is 9.59. The van der Waals surface area contributed by atoms with Crippen molar-refractivity contribution in [3.8, 4) is 0 Å². The van der Waals surface area contributed by atoms with Crippen molar-refractivity contribution in [2.45, 2.75) is 45.4 Å². The fraction of sp³-hybridized carbons (Fsp3) is 0.360. The number of allylic oxidation sites excluding steroid dienone is 3. The molecule has 1 aliphatic carbocycles. The van der Waals surface area contributed by atoms with Crippen LogP contribution >= 0.6 is 0 Å². The highest BCUT2D eigenvalue weighted by Gasteiger charge is 2.29. The van der Waals surface area contributed by atoms with Crippen molar-refractivity contribution in [1.82, 2.24) is 0 Å². The summed E-state index contributed by atoms with van der Waals surface area (Å²) in [6, 6.07) is 3.73. The lowest BCUT2D eigenvalue weighted by molar-refractivity contribution is 0.263. The molecular formula is C25H25F5. The van der Waals surface area contributed by atoms with Crippen LogP contribution in [0, 0.1) is 29.3 Å². The molecule has 0 unspecified atom stereocenters. The Morgan fingerprint density at radius 1 is 1.03 bits per heavy atom. The average Bonchev–Trinajstić information content (AvgIpc) is 2.76. The van der Waals surface area contributed by atoms with Gasteiger partial charge in [0, 0.05) is 11.5 Å². The molecule has 3 rings (SSSR count). The van der Waals surface area contributed by atoms with Gasteiger partial charge in [0.1, 0.15) is 11.6 Å². The first kappa shape index (κ1) is 22.3. The zero-order chi connectivity index (χ0) is 21.8. The molecule has 1 fully saturated rings. The minimum absolute atomic E-state index is 0.0225. The van der Waals surface area contributed by atoms with Gasteiger partial charge in [-0.1, -0.05) is 30.4 Å². The van der Waals surface area contributed by atoms with Crippen LogP contribution in [0.1, 0.15) is 56.6 Å². The van der Waals surface area contributed by atoms with Gasteiger partial charge in [-0.25, -0.2) is 22.0 Å². The molecule has 0 N–H and O–H groups in total. The summed E-state index contributed by atoms with van der Waals surface area (Å²) >= 11 is 0. The molecule has 0 heterocycles. The van der Waals surface area contributed by atoms with Crippen LogP contribution in [0.5, 0.6) is 0 Å². The highest BCUT2D eigenvalue weighted by Crippen LogP contribution is 2.40. The maximum absolute atomic E-state index is 14.9. The van der Waals surface area contributed by atoms with Crippen molar-refractivity contribution in [1.29, 1.82) is 0 Å². The molecule has 30 heavy (non-hydrogen) atoms. The van der Waals surface area contributed by atoms with E-state index in [4.69, 9.17) is 0 Å². The largest absolute Gasteiger partial charge is 0.208 e. The van der Waals surface area contributed by atoms with Gasteiger partial charge < -0.3 is 0 Å². The number of benzene rings is 2. The van der Waals surface area contributed by atoms with Crippen molar-refractivity contribution < 1.29 is 22.0 Å². The fourth-order valence-electron chi connectivity index (χ4n) is 4.23. The van der Waals surface area contributed by atoms with Crippen LogP contribution in [0.15, 0.2) is 42.8 Å². The third-order valence-corrected chi connectivity index (χ3v) is 5.93. The minimum Gasteiger partial charge on any atom is -0.208 e. The quantitative estimate of drug-likeness (QED) is 0.324.